The molecule has 0 spiro atoms. The number of piperidine rings is 1. The topological polar surface area (TPSA) is 95.2 Å². The van der Waals surface area contributed by atoms with Crippen molar-refractivity contribution in [2.24, 2.45) is 0 Å². The van der Waals surface area contributed by atoms with E-state index in [4.69, 9.17) is 13.6 Å². The van der Waals surface area contributed by atoms with Crippen molar-refractivity contribution in [3.63, 3.8) is 0 Å². The van der Waals surface area contributed by atoms with E-state index in [1.165, 1.54) is 19.3 Å². The molecule has 1 atom stereocenters. The first-order valence-corrected chi connectivity index (χ1v) is 11.9. The Balaban J connectivity index is 1.37. The predicted octanol–water partition coefficient (Wildman–Crippen LogP) is 4.82. The van der Waals surface area contributed by atoms with Crippen LogP contribution in [0.5, 0.6) is 5.75 Å². The van der Waals surface area contributed by atoms with Gasteiger partial charge in [0.2, 0.25) is 17.7 Å². The van der Waals surface area contributed by atoms with Crippen molar-refractivity contribution < 1.29 is 13.6 Å². The van der Waals surface area contributed by atoms with Crippen molar-refractivity contribution in [1.82, 2.24) is 25.0 Å². The number of thioether (sulfide) groups is 1. The van der Waals surface area contributed by atoms with Crippen LogP contribution in [0, 0.1) is 0 Å². The van der Waals surface area contributed by atoms with Gasteiger partial charge >= 0.3 is 0 Å². The first kappa shape index (κ1) is 21.6. The summed E-state index contributed by atoms with van der Waals surface area (Å²) in [5.74, 6) is 3.54. The molecule has 0 saturated carbocycles. The predicted molar refractivity (Wildman–Crippen MR) is 124 cm³/mol. The lowest BCUT2D eigenvalue weighted by molar-refractivity contribution is 0.415. The number of anilines is 1. The van der Waals surface area contributed by atoms with Crippen LogP contribution in [0.3, 0.4) is 0 Å². The van der Waals surface area contributed by atoms with Crippen LogP contribution in [0.2, 0.25) is 0 Å². The highest BCUT2D eigenvalue weighted by atomic mass is 32.2. The normalized spacial score (nSPS) is 15.0. The van der Waals surface area contributed by atoms with E-state index >= 15 is 0 Å². The van der Waals surface area contributed by atoms with Crippen LogP contribution in [0.25, 0.3) is 11.5 Å². The van der Waals surface area contributed by atoms with Gasteiger partial charge in [-0.15, -0.1) is 20.4 Å². The summed E-state index contributed by atoms with van der Waals surface area (Å²) in [5.41, 5.74) is 0.847. The van der Waals surface area contributed by atoms with Crippen molar-refractivity contribution >= 4 is 17.7 Å². The Kier molecular flexibility index (Phi) is 6.34. The molecule has 1 aromatic carbocycles. The fourth-order valence-corrected chi connectivity index (χ4v) is 4.72. The Hall–Kier alpha value is -3.27. The zero-order valence-corrected chi connectivity index (χ0v) is 19.5. The van der Waals surface area contributed by atoms with Gasteiger partial charge in [0.15, 0.2) is 5.16 Å². The van der Waals surface area contributed by atoms with Crippen LogP contribution in [0.4, 0.5) is 5.95 Å². The standard InChI is InChI=1S/C23H26N6O3S/c1-16(20-24-25-21(32-20)17-8-10-18(30-2)11-9-17)33-23-27-26-22(28-12-4-3-5-13-28)29(23)15-19-7-6-14-31-19/h6-11,14,16H,3-5,12-13,15H2,1-2H3. The fourth-order valence-electron chi connectivity index (χ4n) is 3.85. The molecular weight excluding hydrogens is 440 g/mol. The Bertz CT molecular complexity index is 1170. The van der Waals surface area contributed by atoms with E-state index in [1.807, 2.05) is 43.3 Å². The van der Waals surface area contributed by atoms with Gasteiger partial charge in [0.25, 0.3) is 0 Å². The summed E-state index contributed by atoms with van der Waals surface area (Å²) in [6.45, 7) is 4.58. The van der Waals surface area contributed by atoms with Crippen LogP contribution >= 0.6 is 11.8 Å². The molecule has 1 fully saturated rings. The largest absolute Gasteiger partial charge is 0.497 e. The molecule has 5 rings (SSSR count). The monoisotopic (exact) mass is 466 g/mol. The lowest BCUT2D eigenvalue weighted by atomic mass is 10.1. The third kappa shape index (κ3) is 4.75. The first-order chi connectivity index (χ1) is 16.2. The maximum Gasteiger partial charge on any atom is 0.247 e. The maximum atomic E-state index is 5.98. The summed E-state index contributed by atoms with van der Waals surface area (Å²) in [7, 11) is 1.64. The highest BCUT2D eigenvalue weighted by molar-refractivity contribution is 7.99. The molecule has 4 aromatic rings. The molecule has 0 radical (unpaired) electrons. The van der Waals surface area contributed by atoms with Crippen LogP contribution in [-0.4, -0.2) is 45.2 Å². The van der Waals surface area contributed by atoms with Crippen LogP contribution in [0.1, 0.15) is 43.1 Å². The SMILES string of the molecule is COc1ccc(-c2nnc(C(C)Sc3nnc(N4CCCCC4)n3Cc3ccco3)o2)cc1. The van der Waals surface area contributed by atoms with Crippen molar-refractivity contribution in [1.29, 1.82) is 0 Å². The second-order valence-corrected chi connectivity index (χ2v) is 9.24. The zero-order chi connectivity index (χ0) is 22.6. The average Bonchev–Trinajstić information content (AvgIpc) is 3.62. The molecule has 9 nitrogen and oxygen atoms in total. The number of aromatic nitrogens is 5. The Morgan fingerprint density at radius 1 is 1.03 bits per heavy atom. The van der Waals surface area contributed by atoms with Crippen molar-refractivity contribution in [3.05, 3.63) is 54.3 Å². The molecule has 3 aromatic heterocycles. The Labute approximate surface area is 196 Å². The molecule has 1 aliphatic rings. The molecule has 1 saturated heterocycles. The number of nitrogens with zero attached hydrogens (tertiary/aromatic N) is 6. The molecule has 0 amide bonds. The minimum absolute atomic E-state index is 0.0988. The molecule has 172 valence electrons. The Morgan fingerprint density at radius 2 is 1.85 bits per heavy atom. The van der Waals surface area contributed by atoms with Crippen LogP contribution in [0.15, 0.2) is 56.7 Å². The van der Waals surface area contributed by atoms with Crippen LogP contribution in [-0.2, 0) is 6.54 Å². The fraction of sp³-hybridized carbons (Fsp3) is 0.391. The number of rotatable bonds is 8. The quantitative estimate of drug-likeness (QED) is 0.339. The zero-order valence-electron chi connectivity index (χ0n) is 18.7. The summed E-state index contributed by atoms with van der Waals surface area (Å²) < 4.78 is 18.9. The summed E-state index contributed by atoms with van der Waals surface area (Å²) in [6, 6.07) is 11.4. The van der Waals surface area contributed by atoms with E-state index in [-0.39, 0.29) is 5.25 Å². The molecular formula is C23H26N6O3S. The second-order valence-electron chi connectivity index (χ2n) is 7.93. The van der Waals surface area contributed by atoms with Crippen LogP contribution < -0.4 is 9.64 Å². The van der Waals surface area contributed by atoms with E-state index in [0.29, 0.717) is 18.3 Å². The molecule has 33 heavy (non-hydrogen) atoms. The molecule has 0 N–H and O–H groups in total. The van der Waals surface area contributed by atoms with Gasteiger partial charge in [-0.25, -0.2) is 0 Å². The summed E-state index contributed by atoms with van der Waals surface area (Å²) in [5, 5.41) is 18.2. The number of hydrogen-bond acceptors (Lipinski definition) is 9. The van der Waals surface area contributed by atoms with Gasteiger partial charge in [-0.3, -0.25) is 4.57 Å². The van der Waals surface area contributed by atoms with Crippen molar-refractivity contribution in [3.8, 4) is 17.2 Å². The van der Waals surface area contributed by atoms with E-state index in [9.17, 15) is 0 Å². The van der Waals surface area contributed by atoms with Gasteiger partial charge in [-0.2, -0.15) is 0 Å². The van der Waals surface area contributed by atoms with E-state index < -0.39 is 0 Å². The minimum Gasteiger partial charge on any atom is -0.497 e. The highest BCUT2D eigenvalue weighted by Crippen LogP contribution is 2.36. The van der Waals surface area contributed by atoms with Crippen molar-refractivity contribution in [2.45, 2.75) is 43.1 Å². The van der Waals surface area contributed by atoms with Gasteiger partial charge in [0, 0.05) is 18.7 Å². The molecule has 1 unspecified atom stereocenters. The number of ether oxygens (including phenoxy) is 1. The lowest BCUT2D eigenvalue weighted by Gasteiger charge is -2.27. The molecule has 10 heteroatoms. The lowest BCUT2D eigenvalue weighted by Crippen LogP contribution is -2.32. The second kappa shape index (κ2) is 9.70. The molecule has 1 aliphatic heterocycles. The number of hydrogen-bond donors (Lipinski definition) is 0. The average molecular weight is 467 g/mol. The van der Waals surface area contributed by atoms with E-state index in [2.05, 4.69) is 29.9 Å². The third-order valence-electron chi connectivity index (χ3n) is 5.64. The third-order valence-corrected chi connectivity index (χ3v) is 6.71. The maximum absolute atomic E-state index is 5.98. The van der Waals surface area contributed by atoms with Gasteiger partial charge in [0.1, 0.15) is 11.5 Å². The molecule has 0 bridgehead atoms. The Morgan fingerprint density at radius 3 is 2.58 bits per heavy atom. The molecule has 4 heterocycles. The minimum atomic E-state index is -0.0988. The molecule has 0 aliphatic carbocycles. The number of methoxy groups -OCH3 is 1. The first-order valence-electron chi connectivity index (χ1n) is 11.1. The van der Waals surface area contributed by atoms with E-state index in [1.54, 1.807) is 25.1 Å². The highest BCUT2D eigenvalue weighted by Gasteiger charge is 2.24. The smallest absolute Gasteiger partial charge is 0.247 e. The van der Waals surface area contributed by atoms with Gasteiger partial charge in [-0.05, 0) is 62.6 Å². The van der Waals surface area contributed by atoms with Crippen molar-refractivity contribution in [2.75, 3.05) is 25.1 Å². The van der Waals surface area contributed by atoms with Gasteiger partial charge in [-0.1, -0.05) is 11.8 Å². The van der Waals surface area contributed by atoms with Gasteiger partial charge in [0.05, 0.1) is 25.2 Å². The van der Waals surface area contributed by atoms with E-state index in [0.717, 1.165) is 41.3 Å². The summed E-state index contributed by atoms with van der Waals surface area (Å²) in [6.07, 6.45) is 5.29. The van der Waals surface area contributed by atoms with Gasteiger partial charge < -0.3 is 18.5 Å². The number of furan rings is 1. The summed E-state index contributed by atoms with van der Waals surface area (Å²) >= 11 is 1.55. The number of benzene rings is 1. The summed E-state index contributed by atoms with van der Waals surface area (Å²) in [4.78, 5) is 2.31.